The van der Waals surface area contributed by atoms with Gasteiger partial charge in [-0.15, -0.1) is 0 Å². The molecule has 9 heteroatoms. The molecule has 3 fully saturated rings. The highest BCUT2D eigenvalue weighted by Crippen LogP contribution is 2.53. The van der Waals surface area contributed by atoms with Crippen molar-refractivity contribution in [2.75, 3.05) is 20.1 Å². The number of nitrogens with two attached hydrogens (primary N) is 1. The van der Waals surface area contributed by atoms with Crippen molar-refractivity contribution < 1.29 is 34.2 Å². The average Bonchev–Trinajstić information content (AvgIpc) is 2.84. The first-order chi connectivity index (χ1) is 17.9. The maximum absolute atomic E-state index is 13.9. The zero-order chi connectivity index (χ0) is 27.7. The summed E-state index contributed by atoms with van der Waals surface area (Å²) in [6, 6.07) is 3.33. The van der Waals surface area contributed by atoms with Crippen LogP contribution in [0.3, 0.4) is 0 Å². The minimum Gasteiger partial charge on any atom is -0.507 e. The Morgan fingerprint density at radius 3 is 2.39 bits per heavy atom. The minimum atomic E-state index is -2.65. The van der Waals surface area contributed by atoms with Crippen molar-refractivity contribution in [3.63, 3.8) is 0 Å². The number of carbonyl (C=O) groups is 5. The molecular formula is C29H36N2O7. The van der Waals surface area contributed by atoms with Gasteiger partial charge < -0.3 is 20.8 Å². The van der Waals surface area contributed by atoms with Crippen molar-refractivity contribution in [3.8, 4) is 5.75 Å². The highest BCUT2D eigenvalue weighted by molar-refractivity contribution is 6.31. The van der Waals surface area contributed by atoms with Crippen molar-refractivity contribution in [1.29, 1.82) is 0 Å². The number of carbonyl (C=O) groups excluding carboxylic acids is 5. The summed E-state index contributed by atoms with van der Waals surface area (Å²) in [6.45, 7) is 5.47. The first-order valence-corrected chi connectivity index (χ1v) is 13.6. The van der Waals surface area contributed by atoms with Crippen LogP contribution in [-0.2, 0) is 32.0 Å². The fourth-order valence-corrected chi connectivity index (χ4v) is 7.69. The van der Waals surface area contributed by atoms with E-state index in [1.165, 1.54) is 6.07 Å². The van der Waals surface area contributed by atoms with E-state index in [-0.39, 0.29) is 23.7 Å². The van der Waals surface area contributed by atoms with Gasteiger partial charge in [0.15, 0.2) is 34.7 Å². The Labute approximate surface area is 221 Å². The first kappa shape index (κ1) is 26.7. The van der Waals surface area contributed by atoms with Gasteiger partial charge in [-0.2, -0.15) is 0 Å². The van der Waals surface area contributed by atoms with E-state index >= 15 is 0 Å². The summed E-state index contributed by atoms with van der Waals surface area (Å²) in [5, 5.41) is 22.4. The lowest BCUT2D eigenvalue weighted by Gasteiger charge is -2.52. The lowest BCUT2D eigenvalue weighted by Crippen LogP contribution is -2.71. The summed E-state index contributed by atoms with van der Waals surface area (Å²) < 4.78 is 0. The Morgan fingerprint density at radius 2 is 1.79 bits per heavy atom. The van der Waals surface area contributed by atoms with Crippen LogP contribution in [0, 0.1) is 41.4 Å². The zero-order valence-corrected chi connectivity index (χ0v) is 22.1. The third kappa shape index (κ3) is 3.85. The van der Waals surface area contributed by atoms with Crippen molar-refractivity contribution in [1.82, 2.24) is 4.90 Å². The summed E-state index contributed by atoms with van der Waals surface area (Å²) in [6.07, 6.45) is 3.25. The molecule has 9 nitrogen and oxygen atoms in total. The summed E-state index contributed by atoms with van der Waals surface area (Å²) in [7, 11) is 2.09. The van der Waals surface area contributed by atoms with Crippen LogP contribution in [0.1, 0.15) is 54.6 Å². The number of hydrogen-bond donors (Lipinski definition) is 3. The number of rotatable bonds is 4. The summed E-state index contributed by atoms with van der Waals surface area (Å²) in [5.74, 6) is -10.6. The number of amides is 1. The number of phenols is 1. The lowest BCUT2D eigenvalue weighted by molar-refractivity contribution is -0.182. The molecule has 0 spiro atoms. The van der Waals surface area contributed by atoms with E-state index in [4.69, 9.17) is 5.73 Å². The normalized spacial score (nSPS) is 34.2. The molecule has 1 aromatic carbocycles. The minimum absolute atomic E-state index is 0.0817. The molecule has 204 valence electrons. The molecule has 0 radical (unpaired) electrons. The number of likely N-dealkylation sites (tertiary alicyclic amines) is 1. The molecule has 4 aliphatic rings. The van der Waals surface area contributed by atoms with Gasteiger partial charge >= 0.3 is 0 Å². The van der Waals surface area contributed by atoms with Crippen LogP contribution in [0.15, 0.2) is 12.1 Å². The molecule has 6 atom stereocenters. The monoisotopic (exact) mass is 524 g/mol. The van der Waals surface area contributed by atoms with Crippen LogP contribution in [0.2, 0.25) is 0 Å². The van der Waals surface area contributed by atoms with E-state index in [1.54, 1.807) is 13.8 Å². The number of Topliss-reactive ketones (excluding diaryl/α,β-unsaturated/α-hetero) is 4. The van der Waals surface area contributed by atoms with Gasteiger partial charge in [0.1, 0.15) is 5.75 Å². The summed E-state index contributed by atoms with van der Waals surface area (Å²) in [5.41, 5.74) is 4.49. The smallest absolute Gasteiger partial charge is 0.235 e. The fraction of sp³-hybridized carbons (Fsp3) is 0.621. The highest BCUT2D eigenvalue weighted by atomic mass is 16.3. The van der Waals surface area contributed by atoms with E-state index in [9.17, 15) is 34.2 Å². The van der Waals surface area contributed by atoms with Gasteiger partial charge in [0.05, 0.1) is 11.5 Å². The Morgan fingerprint density at radius 1 is 1.13 bits per heavy atom. The second kappa shape index (κ2) is 9.38. The van der Waals surface area contributed by atoms with Gasteiger partial charge in [-0.1, -0.05) is 19.9 Å². The first-order valence-electron chi connectivity index (χ1n) is 13.6. The van der Waals surface area contributed by atoms with Crippen LogP contribution >= 0.6 is 0 Å². The van der Waals surface area contributed by atoms with Gasteiger partial charge in [0, 0.05) is 11.8 Å². The molecule has 2 saturated carbocycles. The third-order valence-electron chi connectivity index (χ3n) is 9.64. The second-order valence-electron chi connectivity index (χ2n) is 12.2. The molecule has 2 unspecified atom stereocenters. The second-order valence-corrected chi connectivity index (χ2v) is 12.2. The topological polar surface area (TPSA) is 155 Å². The van der Waals surface area contributed by atoms with Crippen molar-refractivity contribution in [3.05, 3.63) is 28.8 Å². The van der Waals surface area contributed by atoms with E-state index in [0.29, 0.717) is 12.3 Å². The Kier molecular flexibility index (Phi) is 6.59. The number of aromatic hydroxyl groups is 1. The molecule has 1 aliphatic heterocycles. The number of aliphatic hydroxyl groups is 1. The van der Waals surface area contributed by atoms with Crippen LogP contribution in [0.4, 0.5) is 0 Å². The lowest BCUT2D eigenvalue weighted by atomic mass is 9.49. The van der Waals surface area contributed by atoms with Crippen LogP contribution in [-0.4, -0.2) is 69.9 Å². The molecule has 3 aliphatic carbocycles. The summed E-state index contributed by atoms with van der Waals surface area (Å²) in [4.78, 5) is 68.7. The number of fused-ring (bicyclic) bond motifs is 3. The molecule has 1 amide bonds. The maximum Gasteiger partial charge on any atom is 0.235 e. The predicted octanol–water partition coefficient (Wildman–Crippen LogP) is 1.09. The van der Waals surface area contributed by atoms with Crippen molar-refractivity contribution in [2.24, 2.45) is 47.2 Å². The highest BCUT2D eigenvalue weighted by Gasteiger charge is 2.69. The average molecular weight is 525 g/mol. The SMILES string of the molecule is CC(C)[C@@H]1C(=O)C(C(N)=O)C(=O)[C@@]2(O)C(=O)C3C(=O)c4c(O)ccc(CC5CCN(C)CC5)c4C[C@H]3C[C@@H]12. The van der Waals surface area contributed by atoms with Gasteiger partial charge in [0.25, 0.3) is 0 Å². The Bertz CT molecular complexity index is 1230. The molecule has 38 heavy (non-hydrogen) atoms. The Balaban J connectivity index is 1.55. The third-order valence-corrected chi connectivity index (χ3v) is 9.64. The number of piperidine rings is 1. The standard InChI is InChI=1S/C29H36N2O7/c1-13(2)20-18-12-16-11-17-15(10-14-6-8-31(3)9-7-14)4-5-19(32)22(17)25(34)21(16)26(35)29(18,38)27(36)23(24(20)33)28(30)37/h4-5,13-14,16,18,20-21,23,32,38H,6-12H2,1-3H3,(H2,30,37)/t16-,18-,20-,21?,23?,29-/m0/s1. The molecule has 1 heterocycles. The van der Waals surface area contributed by atoms with Gasteiger partial charge in [-0.3, -0.25) is 24.0 Å². The van der Waals surface area contributed by atoms with E-state index in [1.807, 2.05) is 6.07 Å². The number of primary amides is 1. The predicted molar refractivity (Wildman–Crippen MR) is 136 cm³/mol. The maximum atomic E-state index is 13.9. The fourth-order valence-electron chi connectivity index (χ4n) is 7.69. The van der Waals surface area contributed by atoms with Gasteiger partial charge in [0.2, 0.25) is 5.91 Å². The van der Waals surface area contributed by atoms with Gasteiger partial charge in [-0.05, 0) is 87.2 Å². The zero-order valence-electron chi connectivity index (χ0n) is 22.1. The molecule has 4 N–H and O–H groups in total. The molecule has 5 rings (SSSR count). The van der Waals surface area contributed by atoms with Crippen LogP contribution in [0.25, 0.3) is 0 Å². The number of hydrogen-bond acceptors (Lipinski definition) is 8. The number of phenolic OH excluding ortho intramolecular Hbond substituents is 1. The Hall–Kier alpha value is -2.91. The molecule has 0 bridgehead atoms. The van der Waals surface area contributed by atoms with E-state index < -0.39 is 64.2 Å². The van der Waals surface area contributed by atoms with Crippen LogP contribution in [0.5, 0.6) is 5.75 Å². The van der Waals surface area contributed by atoms with E-state index in [0.717, 1.165) is 43.5 Å². The molecule has 0 aromatic heterocycles. The molecule has 1 saturated heterocycles. The van der Waals surface area contributed by atoms with Gasteiger partial charge in [-0.25, -0.2) is 0 Å². The number of nitrogens with zero attached hydrogens (tertiary/aromatic N) is 1. The van der Waals surface area contributed by atoms with Crippen LogP contribution < -0.4 is 5.73 Å². The number of ketones is 4. The van der Waals surface area contributed by atoms with Crippen molar-refractivity contribution >= 4 is 29.0 Å². The number of benzene rings is 1. The van der Waals surface area contributed by atoms with Crippen molar-refractivity contribution in [2.45, 2.75) is 51.6 Å². The summed E-state index contributed by atoms with van der Waals surface area (Å²) >= 11 is 0. The largest absolute Gasteiger partial charge is 0.507 e. The molecule has 1 aromatic rings. The molecular weight excluding hydrogens is 488 g/mol. The quantitative estimate of drug-likeness (QED) is 0.495. The van der Waals surface area contributed by atoms with E-state index in [2.05, 4.69) is 11.9 Å².